The third-order valence-electron chi connectivity index (χ3n) is 5.21. The maximum Gasteiger partial charge on any atom is 0.257 e. The molecule has 3 rings (SSSR count). The highest BCUT2D eigenvalue weighted by atomic mass is 35.5. The Balaban J connectivity index is 1.86. The van der Waals surface area contributed by atoms with Crippen molar-refractivity contribution >= 4 is 34.9 Å². The Kier molecular flexibility index (Phi) is 7.94. The molecule has 0 saturated carbocycles. The van der Waals surface area contributed by atoms with Gasteiger partial charge in [0.2, 0.25) is 0 Å². The molecule has 0 atom stereocenters. The predicted octanol–water partition coefficient (Wildman–Crippen LogP) is 6.44. The van der Waals surface area contributed by atoms with E-state index in [2.05, 4.69) is 48.4 Å². The molecular formula is C25H27Cl2N3O. The molecule has 4 nitrogen and oxygen atoms in total. The fourth-order valence-electron chi connectivity index (χ4n) is 3.37. The number of aromatic nitrogens is 1. The lowest BCUT2D eigenvalue weighted by molar-refractivity contribution is 0.0745. The SMILES string of the molecule is CNc1ncc(Cl)cc1C(=O)N(CCc1ccc(Cl)cc1)Cc1ccc(C(C)C)cc1. The first-order valence-electron chi connectivity index (χ1n) is 10.3. The summed E-state index contributed by atoms with van der Waals surface area (Å²) in [6.45, 7) is 5.40. The predicted molar refractivity (Wildman–Crippen MR) is 129 cm³/mol. The van der Waals surface area contributed by atoms with Crippen molar-refractivity contribution in [1.82, 2.24) is 9.88 Å². The topological polar surface area (TPSA) is 45.2 Å². The van der Waals surface area contributed by atoms with E-state index in [0.717, 1.165) is 17.5 Å². The monoisotopic (exact) mass is 455 g/mol. The van der Waals surface area contributed by atoms with E-state index in [1.807, 2.05) is 29.2 Å². The number of carbonyl (C=O) groups is 1. The summed E-state index contributed by atoms with van der Waals surface area (Å²) in [4.78, 5) is 19.6. The normalized spacial score (nSPS) is 10.9. The van der Waals surface area contributed by atoms with Crippen molar-refractivity contribution in [2.45, 2.75) is 32.7 Å². The lowest BCUT2D eigenvalue weighted by atomic mass is 10.0. The van der Waals surface area contributed by atoms with Crippen LogP contribution < -0.4 is 5.32 Å². The van der Waals surface area contributed by atoms with Crippen LogP contribution >= 0.6 is 23.2 Å². The van der Waals surface area contributed by atoms with Crippen LogP contribution in [0.3, 0.4) is 0 Å². The van der Waals surface area contributed by atoms with Crippen molar-refractivity contribution in [2.75, 3.05) is 18.9 Å². The van der Waals surface area contributed by atoms with Gasteiger partial charge < -0.3 is 10.2 Å². The van der Waals surface area contributed by atoms with E-state index >= 15 is 0 Å². The standard InChI is InChI=1S/C25H27Cl2N3O/c1-17(2)20-8-4-19(5-9-20)16-30(13-12-18-6-10-21(26)11-7-18)25(31)23-14-22(27)15-29-24(23)28-3/h4-11,14-15,17H,12-13,16H2,1-3H3,(H,28,29). The molecular weight excluding hydrogens is 429 g/mol. The first kappa shape index (κ1) is 23.1. The van der Waals surface area contributed by atoms with Crippen molar-refractivity contribution in [3.05, 3.63) is 93.1 Å². The zero-order valence-electron chi connectivity index (χ0n) is 18.0. The average molecular weight is 456 g/mol. The molecule has 1 heterocycles. The number of pyridine rings is 1. The molecule has 0 spiro atoms. The van der Waals surface area contributed by atoms with Gasteiger partial charge in [0.15, 0.2) is 0 Å². The lowest BCUT2D eigenvalue weighted by Crippen LogP contribution is -2.33. The van der Waals surface area contributed by atoms with Crippen molar-refractivity contribution in [3.8, 4) is 0 Å². The number of rotatable bonds is 8. The highest BCUT2D eigenvalue weighted by Gasteiger charge is 2.20. The van der Waals surface area contributed by atoms with Gasteiger partial charge >= 0.3 is 0 Å². The van der Waals surface area contributed by atoms with E-state index in [1.165, 1.54) is 11.8 Å². The first-order chi connectivity index (χ1) is 14.9. The van der Waals surface area contributed by atoms with E-state index < -0.39 is 0 Å². The quantitative estimate of drug-likeness (QED) is 0.424. The molecule has 0 fully saturated rings. The van der Waals surface area contributed by atoms with E-state index in [-0.39, 0.29) is 5.91 Å². The summed E-state index contributed by atoms with van der Waals surface area (Å²) in [6, 6.07) is 17.8. The van der Waals surface area contributed by atoms with Crippen molar-refractivity contribution in [3.63, 3.8) is 0 Å². The number of nitrogens with one attached hydrogen (secondary N) is 1. The van der Waals surface area contributed by atoms with Crippen LogP contribution in [0.4, 0.5) is 5.82 Å². The minimum Gasteiger partial charge on any atom is -0.372 e. The Labute approximate surface area is 194 Å². The number of halogens is 2. The van der Waals surface area contributed by atoms with Crippen LogP contribution in [-0.4, -0.2) is 29.4 Å². The van der Waals surface area contributed by atoms with Gasteiger partial charge in [0.1, 0.15) is 5.82 Å². The Morgan fingerprint density at radius 3 is 2.26 bits per heavy atom. The van der Waals surface area contributed by atoms with Gasteiger partial charge in [0.05, 0.1) is 10.6 Å². The van der Waals surface area contributed by atoms with Crippen molar-refractivity contribution in [2.24, 2.45) is 0 Å². The molecule has 1 amide bonds. The highest BCUT2D eigenvalue weighted by Crippen LogP contribution is 2.22. The summed E-state index contributed by atoms with van der Waals surface area (Å²) >= 11 is 12.1. The lowest BCUT2D eigenvalue weighted by Gasteiger charge is -2.24. The maximum atomic E-state index is 13.5. The number of hydrogen-bond donors (Lipinski definition) is 1. The van der Waals surface area contributed by atoms with Crippen molar-refractivity contribution < 1.29 is 4.79 Å². The number of hydrogen-bond acceptors (Lipinski definition) is 3. The Morgan fingerprint density at radius 2 is 1.65 bits per heavy atom. The third kappa shape index (κ3) is 6.22. The zero-order valence-corrected chi connectivity index (χ0v) is 19.5. The summed E-state index contributed by atoms with van der Waals surface area (Å²) < 4.78 is 0. The summed E-state index contributed by atoms with van der Waals surface area (Å²) in [5.74, 6) is 0.870. The zero-order chi connectivity index (χ0) is 22.4. The molecule has 31 heavy (non-hydrogen) atoms. The van der Waals surface area contributed by atoms with Crippen LogP contribution in [-0.2, 0) is 13.0 Å². The molecule has 0 aliphatic carbocycles. The molecule has 0 saturated heterocycles. The van der Waals surface area contributed by atoms with Crippen molar-refractivity contribution in [1.29, 1.82) is 0 Å². The number of carbonyl (C=O) groups excluding carboxylic acids is 1. The summed E-state index contributed by atoms with van der Waals surface area (Å²) in [6.07, 6.45) is 2.25. The number of anilines is 1. The molecule has 0 radical (unpaired) electrons. The first-order valence-corrected chi connectivity index (χ1v) is 11.1. The average Bonchev–Trinajstić information content (AvgIpc) is 2.77. The number of nitrogens with zero attached hydrogens (tertiary/aromatic N) is 2. The largest absolute Gasteiger partial charge is 0.372 e. The second kappa shape index (κ2) is 10.7. The Bertz CT molecular complexity index is 1020. The van der Waals surface area contributed by atoms with Gasteiger partial charge in [-0.3, -0.25) is 4.79 Å². The van der Waals surface area contributed by atoms with Gasteiger partial charge in [-0.2, -0.15) is 0 Å². The van der Waals surface area contributed by atoms with Crippen LogP contribution in [0.25, 0.3) is 0 Å². The molecule has 0 aliphatic rings. The van der Waals surface area contributed by atoms with Crippen LogP contribution in [0.1, 0.15) is 46.8 Å². The number of amides is 1. The van der Waals surface area contributed by atoms with Gasteiger partial charge in [0.25, 0.3) is 5.91 Å². The summed E-state index contributed by atoms with van der Waals surface area (Å²) in [5.41, 5.74) is 3.94. The molecule has 162 valence electrons. The maximum absolute atomic E-state index is 13.5. The summed E-state index contributed by atoms with van der Waals surface area (Å²) in [5, 5.41) is 4.12. The Hall–Kier alpha value is -2.56. The van der Waals surface area contributed by atoms with E-state index in [9.17, 15) is 4.79 Å². The van der Waals surface area contributed by atoms with Gasteiger partial charge in [-0.15, -0.1) is 0 Å². The van der Waals surface area contributed by atoms with Crippen LogP contribution in [0, 0.1) is 0 Å². The fraction of sp³-hybridized carbons (Fsp3) is 0.280. The molecule has 2 aromatic carbocycles. The van der Waals surface area contributed by atoms with Crippen LogP contribution in [0.2, 0.25) is 10.0 Å². The van der Waals surface area contributed by atoms with Gasteiger partial charge in [-0.1, -0.05) is 73.4 Å². The third-order valence-corrected chi connectivity index (χ3v) is 5.67. The molecule has 0 aliphatic heterocycles. The van der Waals surface area contributed by atoms with Gasteiger partial charge in [-0.05, 0) is 47.2 Å². The minimum atomic E-state index is -0.110. The Morgan fingerprint density at radius 1 is 1.00 bits per heavy atom. The molecule has 1 aromatic heterocycles. The van der Waals surface area contributed by atoms with E-state index in [1.54, 1.807) is 13.1 Å². The van der Waals surface area contributed by atoms with Crippen LogP contribution in [0.5, 0.6) is 0 Å². The van der Waals surface area contributed by atoms with Gasteiger partial charge in [-0.25, -0.2) is 4.98 Å². The second-order valence-corrected chi connectivity index (χ2v) is 8.67. The summed E-state index contributed by atoms with van der Waals surface area (Å²) in [7, 11) is 1.75. The van der Waals surface area contributed by atoms with E-state index in [0.29, 0.717) is 40.4 Å². The second-order valence-electron chi connectivity index (χ2n) is 7.80. The molecule has 6 heteroatoms. The molecule has 0 unspecified atom stereocenters. The minimum absolute atomic E-state index is 0.110. The highest BCUT2D eigenvalue weighted by molar-refractivity contribution is 6.31. The smallest absolute Gasteiger partial charge is 0.257 e. The van der Waals surface area contributed by atoms with Gasteiger partial charge in [0, 0.05) is 31.4 Å². The number of benzene rings is 2. The molecule has 3 aromatic rings. The fourth-order valence-corrected chi connectivity index (χ4v) is 3.65. The molecule has 0 bridgehead atoms. The van der Waals surface area contributed by atoms with E-state index in [4.69, 9.17) is 23.2 Å². The molecule has 1 N–H and O–H groups in total. The van der Waals surface area contributed by atoms with Crippen LogP contribution in [0.15, 0.2) is 60.8 Å².